The number of aliphatic hydroxyl groups excluding tert-OH is 1. The number of nitriles is 2. The van der Waals surface area contributed by atoms with E-state index in [1.807, 2.05) is 6.07 Å². The van der Waals surface area contributed by atoms with Crippen LogP contribution in [0.1, 0.15) is 16.7 Å². The first kappa shape index (κ1) is 21.4. The zero-order valence-corrected chi connectivity index (χ0v) is 17.5. The molecular weight excluding hydrogens is 497 g/mol. The lowest BCUT2D eigenvalue weighted by Crippen LogP contribution is -2.28. The zero-order chi connectivity index (χ0) is 21.0. The van der Waals surface area contributed by atoms with E-state index in [1.54, 1.807) is 6.07 Å². The van der Waals surface area contributed by atoms with E-state index in [4.69, 9.17) is 5.26 Å². The van der Waals surface area contributed by atoms with Crippen molar-refractivity contribution in [2.45, 2.75) is 6.54 Å². The Morgan fingerprint density at radius 1 is 1.21 bits per heavy atom. The summed E-state index contributed by atoms with van der Waals surface area (Å²) in [4.78, 5) is 13.7. The van der Waals surface area contributed by atoms with Crippen molar-refractivity contribution >= 4 is 43.5 Å². The number of phenolic OH excluding ortho intramolecular Hbond substituents is 1. The van der Waals surface area contributed by atoms with Crippen LogP contribution in [0.4, 0.5) is 4.39 Å². The van der Waals surface area contributed by atoms with Gasteiger partial charge in [-0.05, 0) is 62.2 Å². The van der Waals surface area contributed by atoms with Crippen LogP contribution in [-0.2, 0) is 11.3 Å². The number of halogens is 3. The minimum Gasteiger partial charge on any atom is -0.506 e. The SMILES string of the molecule is CN(Cc1cc(C#N)ccc1F)C(=O)/C(C#N)=C(\O)c1cc(Br)c(O)c(Br)c1. The highest BCUT2D eigenvalue weighted by Crippen LogP contribution is 2.35. The molecule has 0 radical (unpaired) electrons. The molecule has 0 unspecified atom stereocenters. The van der Waals surface area contributed by atoms with Crippen molar-refractivity contribution in [3.8, 4) is 17.9 Å². The number of hydrogen-bond acceptors (Lipinski definition) is 5. The minimum absolute atomic E-state index is 0.0989. The van der Waals surface area contributed by atoms with E-state index in [2.05, 4.69) is 31.9 Å². The molecule has 0 heterocycles. The summed E-state index contributed by atoms with van der Waals surface area (Å²) >= 11 is 6.22. The van der Waals surface area contributed by atoms with Gasteiger partial charge >= 0.3 is 0 Å². The molecule has 0 aliphatic rings. The van der Waals surface area contributed by atoms with Gasteiger partial charge in [0.2, 0.25) is 0 Å². The minimum atomic E-state index is -0.831. The first-order valence-electron chi connectivity index (χ1n) is 7.65. The number of aromatic hydroxyl groups is 1. The van der Waals surface area contributed by atoms with Crippen molar-refractivity contribution in [2.75, 3.05) is 7.05 Å². The summed E-state index contributed by atoms with van der Waals surface area (Å²) < 4.78 is 14.4. The molecule has 0 aliphatic heterocycles. The van der Waals surface area contributed by atoms with Gasteiger partial charge in [0.1, 0.15) is 23.4 Å². The molecule has 0 aliphatic carbocycles. The molecule has 9 heteroatoms. The van der Waals surface area contributed by atoms with E-state index >= 15 is 0 Å². The van der Waals surface area contributed by atoms with Crippen LogP contribution < -0.4 is 0 Å². The lowest BCUT2D eigenvalue weighted by molar-refractivity contribution is -0.126. The summed E-state index contributed by atoms with van der Waals surface area (Å²) in [7, 11) is 1.34. The fraction of sp³-hybridized carbons (Fsp3) is 0.105. The Labute approximate surface area is 177 Å². The molecule has 2 N–H and O–H groups in total. The monoisotopic (exact) mass is 507 g/mol. The van der Waals surface area contributed by atoms with Gasteiger partial charge in [-0.15, -0.1) is 0 Å². The van der Waals surface area contributed by atoms with Crippen molar-refractivity contribution in [2.24, 2.45) is 0 Å². The fourth-order valence-electron chi connectivity index (χ4n) is 2.33. The number of phenols is 1. The number of carbonyl (C=O) groups is 1. The van der Waals surface area contributed by atoms with Crippen molar-refractivity contribution in [3.05, 3.63) is 67.4 Å². The summed E-state index contributed by atoms with van der Waals surface area (Å²) in [5.41, 5.74) is -0.104. The summed E-state index contributed by atoms with van der Waals surface area (Å²) in [6.07, 6.45) is 0. The van der Waals surface area contributed by atoms with Crippen molar-refractivity contribution in [1.29, 1.82) is 10.5 Å². The number of hydrogen-bond donors (Lipinski definition) is 2. The molecule has 142 valence electrons. The Morgan fingerprint density at radius 2 is 1.82 bits per heavy atom. The van der Waals surface area contributed by atoms with Crippen LogP contribution >= 0.6 is 31.9 Å². The predicted octanol–water partition coefficient (Wildman–Crippen LogP) is 4.38. The van der Waals surface area contributed by atoms with Gasteiger partial charge in [-0.1, -0.05) is 0 Å². The van der Waals surface area contributed by atoms with Gasteiger partial charge in [-0.25, -0.2) is 4.39 Å². The van der Waals surface area contributed by atoms with E-state index in [0.29, 0.717) is 0 Å². The van der Waals surface area contributed by atoms with Crippen LogP contribution in [0.5, 0.6) is 5.75 Å². The van der Waals surface area contributed by atoms with E-state index in [0.717, 1.165) is 11.0 Å². The molecule has 0 saturated carbocycles. The lowest BCUT2D eigenvalue weighted by Gasteiger charge is -2.18. The number of carbonyl (C=O) groups excluding carboxylic acids is 1. The molecule has 0 aromatic heterocycles. The second kappa shape index (κ2) is 8.87. The maximum absolute atomic E-state index is 14.0. The fourth-order valence-corrected chi connectivity index (χ4v) is 3.52. The van der Waals surface area contributed by atoms with Crippen LogP contribution in [0.2, 0.25) is 0 Å². The van der Waals surface area contributed by atoms with E-state index in [9.17, 15) is 24.7 Å². The quantitative estimate of drug-likeness (QED) is 0.362. The maximum Gasteiger partial charge on any atom is 0.268 e. The lowest BCUT2D eigenvalue weighted by atomic mass is 10.1. The smallest absolute Gasteiger partial charge is 0.268 e. The number of nitrogens with zero attached hydrogens (tertiary/aromatic N) is 3. The molecule has 28 heavy (non-hydrogen) atoms. The first-order valence-corrected chi connectivity index (χ1v) is 9.23. The normalized spacial score (nSPS) is 11.2. The third-order valence-electron chi connectivity index (χ3n) is 3.78. The summed E-state index contributed by atoms with van der Waals surface area (Å²) in [5, 5.41) is 38.5. The average Bonchev–Trinajstić information content (AvgIpc) is 2.67. The van der Waals surface area contributed by atoms with Gasteiger partial charge in [-0.2, -0.15) is 10.5 Å². The molecule has 0 atom stereocenters. The molecule has 2 rings (SSSR count). The van der Waals surface area contributed by atoms with E-state index in [-0.39, 0.29) is 37.9 Å². The molecule has 0 bridgehead atoms. The van der Waals surface area contributed by atoms with Crippen LogP contribution in [0.3, 0.4) is 0 Å². The second-order valence-electron chi connectivity index (χ2n) is 5.70. The van der Waals surface area contributed by atoms with Gasteiger partial charge in [0.05, 0.1) is 20.6 Å². The first-order chi connectivity index (χ1) is 13.2. The summed E-state index contributed by atoms with van der Waals surface area (Å²) in [6, 6.07) is 9.97. The molecule has 2 aromatic carbocycles. The van der Waals surface area contributed by atoms with Crippen molar-refractivity contribution in [3.63, 3.8) is 0 Å². The van der Waals surface area contributed by atoms with Gasteiger partial charge in [0, 0.05) is 24.7 Å². The Bertz CT molecular complexity index is 1050. The Morgan fingerprint density at radius 3 is 2.36 bits per heavy atom. The largest absolute Gasteiger partial charge is 0.506 e. The predicted molar refractivity (Wildman–Crippen MR) is 106 cm³/mol. The highest BCUT2D eigenvalue weighted by atomic mass is 79.9. The molecule has 2 aromatic rings. The Balaban J connectivity index is 2.38. The molecule has 0 fully saturated rings. The Hall–Kier alpha value is -2.88. The Kier molecular flexibility index (Phi) is 6.79. The van der Waals surface area contributed by atoms with Crippen molar-refractivity contribution in [1.82, 2.24) is 4.90 Å². The number of likely N-dealkylation sites (N-methyl/N-ethyl adjacent to an activating group) is 1. The number of rotatable bonds is 4. The molecule has 1 amide bonds. The molecular formula is C19H12Br2FN3O3. The van der Waals surface area contributed by atoms with Gasteiger partial charge < -0.3 is 15.1 Å². The summed E-state index contributed by atoms with van der Waals surface area (Å²) in [5.74, 6) is -2.13. The van der Waals surface area contributed by atoms with E-state index < -0.39 is 23.1 Å². The molecule has 0 saturated heterocycles. The third kappa shape index (κ3) is 4.50. The maximum atomic E-state index is 14.0. The van der Waals surface area contributed by atoms with Crippen LogP contribution in [0.25, 0.3) is 5.76 Å². The third-order valence-corrected chi connectivity index (χ3v) is 4.99. The number of aliphatic hydroxyl groups is 1. The van der Waals surface area contributed by atoms with E-state index in [1.165, 1.54) is 31.3 Å². The summed E-state index contributed by atoms with van der Waals surface area (Å²) in [6.45, 7) is -0.207. The topological polar surface area (TPSA) is 108 Å². The van der Waals surface area contributed by atoms with Gasteiger partial charge in [0.25, 0.3) is 5.91 Å². The zero-order valence-electron chi connectivity index (χ0n) is 14.4. The molecule has 0 spiro atoms. The van der Waals surface area contributed by atoms with Crippen molar-refractivity contribution < 1.29 is 19.4 Å². The number of benzene rings is 2. The second-order valence-corrected chi connectivity index (χ2v) is 7.41. The van der Waals surface area contributed by atoms with Gasteiger partial charge in [-0.3, -0.25) is 4.79 Å². The average molecular weight is 509 g/mol. The highest BCUT2D eigenvalue weighted by molar-refractivity contribution is 9.11. The molecule has 6 nitrogen and oxygen atoms in total. The standard InChI is InChI=1S/C19H12Br2FN3O3/c1-25(9-12-4-10(7-23)2-3-16(12)22)19(28)13(8-24)17(26)11-5-14(20)18(27)15(21)6-11/h2-6,26-27H,9H2,1H3/b17-13-. The van der Waals surface area contributed by atoms with Crippen LogP contribution in [-0.4, -0.2) is 28.1 Å². The highest BCUT2D eigenvalue weighted by Gasteiger charge is 2.22. The van der Waals surface area contributed by atoms with Crippen LogP contribution in [0, 0.1) is 28.5 Å². The van der Waals surface area contributed by atoms with Crippen LogP contribution in [0.15, 0.2) is 44.9 Å². The number of amides is 1. The van der Waals surface area contributed by atoms with Gasteiger partial charge in [0.15, 0.2) is 5.57 Å².